The molecule has 0 atom stereocenters. The summed E-state index contributed by atoms with van der Waals surface area (Å²) < 4.78 is 6.46. The third-order valence-corrected chi connectivity index (χ3v) is 4.29. The van der Waals surface area contributed by atoms with Crippen molar-refractivity contribution in [2.75, 3.05) is 24.4 Å². The fourth-order valence-corrected chi connectivity index (χ4v) is 2.81. The molecule has 0 saturated carbocycles. The van der Waals surface area contributed by atoms with Gasteiger partial charge in [0.05, 0.1) is 5.56 Å². The largest absolute Gasteiger partial charge is 0.375 e. The lowest BCUT2D eigenvalue weighted by Gasteiger charge is -2.10. The number of hydrogen-bond acceptors (Lipinski definition) is 3. The summed E-state index contributed by atoms with van der Waals surface area (Å²) in [7, 11) is 1.45. The molecule has 0 spiro atoms. The van der Waals surface area contributed by atoms with E-state index >= 15 is 0 Å². The quantitative estimate of drug-likeness (QED) is 0.627. The van der Waals surface area contributed by atoms with Crippen molar-refractivity contribution in [1.29, 1.82) is 0 Å². The van der Waals surface area contributed by atoms with Crippen LogP contribution in [0.15, 0.2) is 46.9 Å². The minimum atomic E-state index is -0.252. The van der Waals surface area contributed by atoms with Gasteiger partial charge >= 0.3 is 0 Å². The van der Waals surface area contributed by atoms with Crippen LogP contribution in [0, 0.1) is 3.57 Å². The van der Waals surface area contributed by atoms with Crippen molar-refractivity contribution >= 4 is 61.7 Å². The van der Waals surface area contributed by atoms with Crippen LogP contribution in [0.2, 0.25) is 0 Å². The summed E-state index contributed by atoms with van der Waals surface area (Å²) in [5.74, 6) is -0.464. The standard InChI is InChI=1S/C16H14BrIN2O3/c1-23-9-15(21)19-11-3-2-4-12(8-11)20-16(22)13-7-10(17)5-6-14(13)18/h2-8H,9H2,1H3,(H,19,21)(H,20,22). The van der Waals surface area contributed by atoms with Gasteiger partial charge in [-0.15, -0.1) is 0 Å². The molecule has 2 aromatic rings. The molecule has 0 aliphatic carbocycles. The van der Waals surface area contributed by atoms with E-state index in [0.29, 0.717) is 16.9 Å². The van der Waals surface area contributed by atoms with Crippen LogP contribution >= 0.6 is 38.5 Å². The van der Waals surface area contributed by atoms with Gasteiger partial charge in [-0.2, -0.15) is 0 Å². The molecule has 0 saturated heterocycles. The first-order chi connectivity index (χ1) is 11.0. The Morgan fingerprint density at radius 1 is 1.13 bits per heavy atom. The zero-order valence-electron chi connectivity index (χ0n) is 12.2. The molecule has 23 heavy (non-hydrogen) atoms. The van der Waals surface area contributed by atoms with Gasteiger partial charge in [0.25, 0.3) is 5.91 Å². The molecule has 2 aromatic carbocycles. The average Bonchev–Trinajstić information content (AvgIpc) is 2.50. The van der Waals surface area contributed by atoms with Gasteiger partial charge in [0.2, 0.25) is 5.91 Å². The first-order valence-corrected chi connectivity index (χ1v) is 8.52. The summed E-state index contributed by atoms with van der Waals surface area (Å²) in [6.45, 7) is -0.0210. The second-order valence-electron chi connectivity index (χ2n) is 4.64. The molecule has 0 heterocycles. The fraction of sp³-hybridized carbons (Fsp3) is 0.125. The van der Waals surface area contributed by atoms with Crippen molar-refractivity contribution in [3.05, 3.63) is 56.1 Å². The molecule has 0 aliphatic rings. The Morgan fingerprint density at radius 2 is 1.83 bits per heavy atom. The summed E-state index contributed by atoms with van der Waals surface area (Å²) in [5.41, 5.74) is 1.77. The van der Waals surface area contributed by atoms with Crippen molar-refractivity contribution in [1.82, 2.24) is 0 Å². The van der Waals surface area contributed by atoms with Crippen LogP contribution in [-0.2, 0) is 9.53 Å². The van der Waals surface area contributed by atoms with Crippen LogP contribution in [-0.4, -0.2) is 25.5 Å². The van der Waals surface area contributed by atoms with Crippen molar-refractivity contribution in [2.24, 2.45) is 0 Å². The molecule has 0 bridgehead atoms. The van der Waals surface area contributed by atoms with E-state index < -0.39 is 0 Å². The molecule has 0 fully saturated rings. The van der Waals surface area contributed by atoms with Gasteiger partial charge in [0, 0.05) is 26.5 Å². The van der Waals surface area contributed by atoms with Gasteiger partial charge in [0.15, 0.2) is 0 Å². The average molecular weight is 489 g/mol. The minimum absolute atomic E-state index is 0.0210. The van der Waals surface area contributed by atoms with Crippen molar-refractivity contribution in [3.63, 3.8) is 0 Å². The molecule has 0 aliphatic heterocycles. The number of hydrogen-bond donors (Lipinski definition) is 2. The SMILES string of the molecule is COCC(=O)Nc1cccc(NC(=O)c2cc(Br)ccc2I)c1. The maximum atomic E-state index is 12.4. The van der Waals surface area contributed by atoms with E-state index in [4.69, 9.17) is 4.74 Å². The highest BCUT2D eigenvalue weighted by molar-refractivity contribution is 14.1. The van der Waals surface area contributed by atoms with Crippen LogP contribution in [0.5, 0.6) is 0 Å². The van der Waals surface area contributed by atoms with Crippen molar-refractivity contribution in [3.8, 4) is 0 Å². The van der Waals surface area contributed by atoms with Crippen LogP contribution in [0.4, 0.5) is 11.4 Å². The summed E-state index contributed by atoms with van der Waals surface area (Å²) in [5, 5.41) is 5.52. The maximum absolute atomic E-state index is 12.4. The Balaban J connectivity index is 2.12. The molecule has 0 unspecified atom stereocenters. The van der Waals surface area contributed by atoms with E-state index in [1.807, 2.05) is 12.1 Å². The van der Waals surface area contributed by atoms with Crippen LogP contribution in [0.1, 0.15) is 10.4 Å². The number of amides is 2. The number of ether oxygens (including phenoxy) is 1. The molecule has 7 heteroatoms. The normalized spacial score (nSPS) is 10.2. The van der Waals surface area contributed by atoms with Gasteiger partial charge in [-0.25, -0.2) is 0 Å². The number of halogens is 2. The summed E-state index contributed by atoms with van der Waals surface area (Å²) in [4.78, 5) is 23.9. The predicted molar refractivity (Wildman–Crippen MR) is 102 cm³/mol. The smallest absolute Gasteiger partial charge is 0.256 e. The molecule has 2 amide bonds. The van der Waals surface area contributed by atoms with E-state index in [2.05, 4.69) is 49.2 Å². The molecular formula is C16H14BrIN2O3. The number of anilines is 2. The minimum Gasteiger partial charge on any atom is -0.375 e. The molecule has 0 radical (unpaired) electrons. The zero-order chi connectivity index (χ0) is 16.8. The number of nitrogens with one attached hydrogen (secondary N) is 2. The summed E-state index contributed by atoms with van der Waals surface area (Å²) in [6.07, 6.45) is 0. The zero-order valence-corrected chi connectivity index (χ0v) is 16.0. The second kappa shape index (κ2) is 8.42. The molecule has 120 valence electrons. The van der Waals surface area contributed by atoms with E-state index in [-0.39, 0.29) is 18.4 Å². The first-order valence-electron chi connectivity index (χ1n) is 6.65. The second-order valence-corrected chi connectivity index (χ2v) is 6.72. The van der Waals surface area contributed by atoms with Gasteiger partial charge in [-0.3, -0.25) is 9.59 Å². The van der Waals surface area contributed by atoms with E-state index in [1.54, 1.807) is 30.3 Å². The summed E-state index contributed by atoms with van der Waals surface area (Å²) in [6, 6.07) is 12.5. The molecule has 2 rings (SSSR count). The number of methoxy groups -OCH3 is 1. The Morgan fingerprint density at radius 3 is 2.52 bits per heavy atom. The first kappa shape index (κ1) is 17.9. The van der Waals surface area contributed by atoms with Crippen molar-refractivity contribution in [2.45, 2.75) is 0 Å². The lowest BCUT2D eigenvalue weighted by molar-refractivity contribution is -0.119. The lowest BCUT2D eigenvalue weighted by Crippen LogP contribution is -2.17. The summed E-state index contributed by atoms with van der Waals surface area (Å²) >= 11 is 5.48. The number of rotatable bonds is 5. The topological polar surface area (TPSA) is 67.4 Å². The number of carbonyl (C=O) groups is 2. The van der Waals surface area contributed by atoms with Gasteiger partial charge < -0.3 is 15.4 Å². The van der Waals surface area contributed by atoms with Gasteiger partial charge in [0.1, 0.15) is 6.61 Å². The van der Waals surface area contributed by atoms with Gasteiger partial charge in [-0.1, -0.05) is 22.0 Å². The monoisotopic (exact) mass is 488 g/mol. The van der Waals surface area contributed by atoms with Gasteiger partial charge in [-0.05, 0) is 59.0 Å². The molecule has 5 nitrogen and oxygen atoms in total. The highest BCUT2D eigenvalue weighted by Crippen LogP contribution is 2.21. The van der Waals surface area contributed by atoms with Crippen LogP contribution in [0.3, 0.4) is 0 Å². The third-order valence-electron chi connectivity index (χ3n) is 2.85. The number of benzene rings is 2. The molecule has 0 aromatic heterocycles. The maximum Gasteiger partial charge on any atom is 0.256 e. The third kappa shape index (κ3) is 5.29. The van der Waals surface area contributed by atoms with Crippen LogP contribution < -0.4 is 10.6 Å². The number of carbonyl (C=O) groups excluding carboxylic acids is 2. The Labute approximate surface area is 156 Å². The van der Waals surface area contributed by atoms with E-state index in [0.717, 1.165) is 8.04 Å². The predicted octanol–water partition coefficient (Wildman–Crippen LogP) is 3.89. The lowest BCUT2D eigenvalue weighted by atomic mass is 10.2. The highest BCUT2D eigenvalue weighted by atomic mass is 127. The Kier molecular flexibility index (Phi) is 6.55. The molecule has 2 N–H and O–H groups in total. The Bertz CT molecular complexity index is 737. The van der Waals surface area contributed by atoms with E-state index in [1.165, 1.54) is 7.11 Å². The van der Waals surface area contributed by atoms with Crippen LogP contribution in [0.25, 0.3) is 0 Å². The Hall–Kier alpha value is -1.45. The fourth-order valence-electron chi connectivity index (χ4n) is 1.87. The van der Waals surface area contributed by atoms with Crippen molar-refractivity contribution < 1.29 is 14.3 Å². The highest BCUT2D eigenvalue weighted by Gasteiger charge is 2.11. The molecular weight excluding hydrogens is 475 g/mol. The van der Waals surface area contributed by atoms with E-state index in [9.17, 15) is 9.59 Å².